The first-order chi connectivity index (χ1) is 10.2. The Morgan fingerprint density at radius 1 is 1.33 bits per heavy atom. The molecule has 1 aliphatic heterocycles. The summed E-state index contributed by atoms with van der Waals surface area (Å²) in [5.41, 5.74) is 2.62. The van der Waals surface area contributed by atoms with E-state index >= 15 is 0 Å². The van der Waals surface area contributed by atoms with E-state index in [0.29, 0.717) is 6.04 Å². The van der Waals surface area contributed by atoms with Gasteiger partial charge in [-0.15, -0.1) is 0 Å². The van der Waals surface area contributed by atoms with Gasteiger partial charge in [0.1, 0.15) is 0 Å². The van der Waals surface area contributed by atoms with Crippen LogP contribution in [-0.2, 0) is 11.3 Å². The summed E-state index contributed by atoms with van der Waals surface area (Å²) >= 11 is 0. The van der Waals surface area contributed by atoms with Crippen molar-refractivity contribution in [2.75, 3.05) is 52.3 Å². The average molecular weight is 291 g/mol. The SMILES string of the molecule is COCCNCc1ccc(N(C)CC2CCCN2C)cc1. The van der Waals surface area contributed by atoms with E-state index in [-0.39, 0.29) is 0 Å². The minimum absolute atomic E-state index is 0.699. The highest BCUT2D eigenvalue weighted by Gasteiger charge is 2.22. The van der Waals surface area contributed by atoms with E-state index in [4.69, 9.17) is 4.74 Å². The largest absolute Gasteiger partial charge is 0.383 e. The summed E-state index contributed by atoms with van der Waals surface area (Å²) in [6.45, 7) is 4.91. The van der Waals surface area contributed by atoms with Crippen LogP contribution in [0.15, 0.2) is 24.3 Å². The minimum atomic E-state index is 0.699. The van der Waals surface area contributed by atoms with Crippen molar-refractivity contribution in [1.82, 2.24) is 10.2 Å². The molecule has 0 spiro atoms. The Bertz CT molecular complexity index is 407. The van der Waals surface area contributed by atoms with Crippen molar-refractivity contribution in [3.63, 3.8) is 0 Å². The van der Waals surface area contributed by atoms with Gasteiger partial charge in [0.25, 0.3) is 0 Å². The quantitative estimate of drug-likeness (QED) is 0.741. The van der Waals surface area contributed by atoms with Crippen molar-refractivity contribution in [2.24, 2.45) is 0 Å². The smallest absolute Gasteiger partial charge is 0.0587 e. The number of ether oxygens (including phenoxy) is 1. The van der Waals surface area contributed by atoms with Gasteiger partial charge in [0.05, 0.1) is 6.61 Å². The molecule has 21 heavy (non-hydrogen) atoms. The molecule has 0 amide bonds. The van der Waals surface area contributed by atoms with E-state index in [1.807, 2.05) is 0 Å². The van der Waals surface area contributed by atoms with Crippen molar-refractivity contribution in [3.8, 4) is 0 Å². The van der Waals surface area contributed by atoms with Gasteiger partial charge in [0.2, 0.25) is 0 Å². The second-order valence-electron chi connectivity index (χ2n) is 5.99. The molecule has 1 fully saturated rings. The molecule has 4 nitrogen and oxygen atoms in total. The molecule has 1 atom stereocenters. The van der Waals surface area contributed by atoms with Crippen LogP contribution in [0.3, 0.4) is 0 Å². The van der Waals surface area contributed by atoms with Crippen LogP contribution < -0.4 is 10.2 Å². The normalized spacial score (nSPS) is 19.1. The van der Waals surface area contributed by atoms with Crippen LogP contribution in [0.25, 0.3) is 0 Å². The molecule has 1 unspecified atom stereocenters. The Morgan fingerprint density at radius 3 is 2.71 bits per heavy atom. The minimum Gasteiger partial charge on any atom is -0.383 e. The molecule has 1 aromatic carbocycles. The molecule has 0 aromatic heterocycles. The lowest BCUT2D eigenvalue weighted by molar-refractivity contribution is 0.199. The predicted molar refractivity (Wildman–Crippen MR) is 88.9 cm³/mol. The van der Waals surface area contributed by atoms with Gasteiger partial charge in [-0.2, -0.15) is 0 Å². The molecule has 4 heteroatoms. The molecule has 1 aliphatic rings. The molecule has 1 N–H and O–H groups in total. The zero-order valence-electron chi connectivity index (χ0n) is 13.6. The first-order valence-corrected chi connectivity index (χ1v) is 7.90. The molecule has 0 aliphatic carbocycles. The summed E-state index contributed by atoms with van der Waals surface area (Å²) < 4.78 is 5.03. The Hall–Kier alpha value is -1.10. The van der Waals surface area contributed by atoms with Crippen molar-refractivity contribution < 1.29 is 4.74 Å². The van der Waals surface area contributed by atoms with Crippen LogP contribution in [0, 0.1) is 0 Å². The van der Waals surface area contributed by atoms with Crippen LogP contribution in [0.2, 0.25) is 0 Å². The fourth-order valence-corrected chi connectivity index (χ4v) is 2.91. The Morgan fingerprint density at radius 2 is 2.10 bits per heavy atom. The second-order valence-corrected chi connectivity index (χ2v) is 5.99. The molecule has 1 heterocycles. The number of nitrogens with one attached hydrogen (secondary N) is 1. The highest BCUT2D eigenvalue weighted by Crippen LogP contribution is 2.19. The third-order valence-corrected chi connectivity index (χ3v) is 4.35. The summed E-state index contributed by atoms with van der Waals surface area (Å²) in [6, 6.07) is 9.57. The van der Waals surface area contributed by atoms with Gasteiger partial charge in [-0.3, -0.25) is 0 Å². The fourth-order valence-electron chi connectivity index (χ4n) is 2.91. The molecule has 2 rings (SSSR count). The lowest BCUT2D eigenvalue weighted by Gasteiger charge is -2.27. The number of anilines is 1. The standard InChI is InChI=1S/C17H29N3O/c1-19-11-4-5-17(19)14-20(2)16-8-6-15(7-9-16)13-18-10-12-21-3/h6-9,17-18H,4-5,10-14H2,1-3H3. The fraction of sp³-hybridized carbons (Fsp3) is 0.647. The first-order valence-electron chi connectivity index (χ1n) is 7.90. The van der Waals surface area contributed by atoms with Gasteiger partial charge in [0.15, 0.2) is 0 Å². The summed E-state index contributed by atoms with van der Waals surface area (Å²) in [5, 5.41) is 3.37. The molecule has 118 valence electrons. The molecular weight excluding hydrogens is 262 g/mol. The first kappa shape index (κ1) is 16.3. The van der Waals surface area contributed by atoms with Crippen LogP contribution in [-0.4, -0.2) is 58.4 Å². The summed E-state index contributed by atoms with van der Waals surface area (Å²) in [7, 11) is 6.16. The van der Waals surface area contributed by atoms with E-state index in [0.717, 1.165) is 26.2 Å². The van der Waals surface area contributed by atoms with Crippen molar-refractivity contribution in [3.05, 3.63) is 29.8 Å². The molecular formula is C17H29N3O. The number of likely N-dealkylation sites (tertiary alicyclic amines) is 1. The predicted octanol–water partition coefficient (Wildman–Crippen LogP) is 1.95. The topological polar surface area (TPSA) is 27.7 Å². The zero-order chi connectivity index (χ0) is 15.1. The van der Waals surface area contributed by atoms with E-state index in [1.54, 1.807) is 7.11 Å². The van der Waals surface area contributed by atoms with Crippen molar-refractivity contribution >= 4 is 5.69 Å². The third-order valence-electron chi connectivity index (χ3n) is 4.35. The molecule has 0 radical (unpaired) electrons. The van der Waals surface area contributed by atoms with Gasteiger partial charge in [0, 0.05) is 45.5 Å². The van der Waals surface area contributed by atoms with Crippen molar-refractivity contribution in [1.29, 1.82) is 0 Å². The highest BCUT2D eigenvalue weighted by atomic mass is 16.5. The number of likely N-dealkylation sites (N-methyl/N-ethyl adjacent to an activating group) is 2. The molecule has 0 saturated carbocycles. The van der Waals surface area contributed by atoms with Gasteiger partial charge in [-0.1, -0.05) is 12.1 Å². The lowest BCUT2D eigenvalue weighted by Crippen LogP contribution is -2.36. The van der Waals surface area contributed by atoms with Crippen LogP contribution in [0.1, 0.15) is 18.4 Å². The van der Waals surface area contributed by atoms with Crippen LogP contribution >= 0.6 is 0 Å². The van der Waals surface area contributed by atoms with Gasteiger partial charge < -0.3 is 19.9 Å². The lowest BCUT2D eigenvalue weighted by atomic mass is 10.1. The van der Waals surface area contributed by atoms with Crippen molar-refractivity contribution in [2.45, 2.75) is 25.4 Å². The Balaban J connectivity index is 1.80. The highest BCUT2D eigenvalue weighted by molar-refractivity contribution is 5.47. The number of hydrogen-bond donors (Lipinski definition) is 1. The molecule has 1 saturated heterocycles. The number of rotatable bonds is 8. The zero-order valence-corrected chi connectivity index (χ0v) is 13.6. The average Bonchev–Trinajstić information content (AvgIpc) is 2.89. The second kappa shape index (κ2) is 8.37. The summed E-state index contributed by atoms with van der Waals surface area (Å²) in [4.78, 5) is 4.85. The molecule has 1 aromatic rings. The molecule has 0 bridgehead atoms. The van der Waals surface area contributed by atoms with E-state index in [2.05, 4.69) is 53.5 Å². The van der Waals surface area contributed by atoms with Crippen LogP contribution in [0.5, 0.6) is 0 Å². The number of methoxy groups -OCH3 is 1. The van der Waals surface area contributed by atoms with Gasteiger partial charge in [-0.05, 0) is 44.1 Å². The number of benzene rings is 1. The van der Waals surface area contributed by atoms with Gasteiger partial charge >= 0.3 is 0 Å². The Kier molecular flexibility index (Phi) is 6.49. The maximum atomic E-state index is 5.03. The third kappa shape index (κ3) is 4.99. The van der Waals surface area contributed by atoms with Gasteiger partial charge in [-0.25, -0.2) is 0 Å². The number of nitrogens with zero attached hydrogens (tertiary/aromatic N) is 2. The van der Waals surface area contributed by atoms with E-state index in [1.165, 1.54) is 30.6 Å². The maximum Gasteiger partial charge on any atom is 0.0587 e. The summed E-state index contributed by atoms with van der Waals surface area (Å²) in [5.74, 6) is 0. The van der Waals surface area contributed by atoms with E-state index < -0.39 is 0 Å². The van der Waals surface area contributed by atoms with Crippen LogP contribution in [0.4, 0.5) is 5.69 Å². The summed E-state index contributed by atoms with van der Waals surface area (Å²) in [6.07, 6.45) is 2.66. The number of hydrogen-bond acceptors (Lipinski definition) is 4. The maximum absolute atomic E-state index is 5.03. The van der Waals surface area contributed by atoms with E-state index in [9.17, 15) is 0 Å². The Labute approximate surface area is 129 Å². The monoisotopic (exact) mass is 291 g/mol.